The number of rotatable bonds is 17. The van der Waals surface area contributed by atoms with Crippen LogP contribution >= 0.6 is 7.82 Å². The standard InChI is InChI=1S/C17H38NO5P/c1-5-6-7-8-9-10-14-21-15-11-12-16-22-24(19,20)23-17-13-18(2,3)4/h5-17H2,1-4H3/p+1. The molecule has 0 radical (unpaired) electrons. The fourth-order valence-electron chi connectivity index (χ4n) is 2.04. The predicted octanol–water partition coefficient (Wildman–Crippen LogP) is 3.98. The zero-order chi connectivity index (χ0) is 18.3. The molecule has 0 aliphatic heterocycles. The van der Waals surface area contributed by atoms with Crippen molar-refractivity contribution in [3.63, 3.8) is 0 Å². The minimum Gasteiger partial charge on any atom is -0.381 e. The summed E-state index contributed by atoms with van der Waals surface area (Å²) in [7, 11) is 2.08. The first-order chi connectivity index (χ1) is 11.3. The van der Waals surface area contributed by atoms with E-state index in [4.69, 9.17) is 13.8 Å². The van der Waals surface area contributed by atoms with E-state index in [1.165, 1.54) is 32.1 Å². The molecule has 0 saturated heterocycles. The minimum absolute atomic E-state index is 0.207. The van der Waals surface area contributed by atoms with E-state index in [0.29, 0.717) is 24.1 Å². The van der Waals surface area contributed by atoms with Gasteiger partial charge in [-0.05, 0) is 19.3 Å². The van der Waals surface area contributed by atoms with E-state index in [9.17, 15) is 9.46 Å². The number of quaternary nitrogens is 1. The van der Waals surface area contributed by atoms with Gasteiger partial charge in [-0.15, -0.1) is 0 Å². The van der Waals surface area contributed by atoms with Crippen LogP contribution in [0.2, 0.25) is 0 Å². The van der Waals surface area contributed by atoms with Crippen molar-refractivity contribution >= 4 is 7.82 Å². The molecule has 146 valence electrons. The highest BCUT2D eigenvalue weighted by molar-refractivity contribution is 7.47. The van der Waals surface area contributed by atoms with Crippen LogP contribution in [0.4, 0.5) is 0 Å². The molecule has 6 nitrogen and oxygen atoms in total. The summed E-state index contributed by atoms with van der Waals surface area (Å²) in [5.41, 5.74) is 0. The van der Waals surface area contributed by atoms with Gasteiger partial charge in [0.2, 0.25) is 0 Å². The quantitative estimate of drug-likeness (QED) is 0.239. The van der Waals surface area contributed by atoms with Gasteiger partial charge in [0, 0.05) is 13.2 Å². The Hall–Kier alpha value is 0.0300. The molecular weight excluding hydrogens is 329 g/mol. The van der Waals surface area contributed by atoms with Crippen LogP contribution in [0.15, 0.2) is 0 Å². The van der Waals surface area contributed by atoms with Gasteiger partial charge in [0.25, 0.3) is 0 Å². The second kappa shape index (κ2) is 14.2. The fourth-order valence-corrected chi connectivity index (χ4v) is 2.79. The number of phosphoric ester groups is 1. The van der Waals surface area contributed by atoms with Gasteiger partial charge in [0.05, 0.1) is 27.7 Å². The van der Waals surface area contributed by atoms with Gasteiger partial charge < -0.3 is 14.1 Å². The molecule has 0 heterocycles. The van der Waals surface area contributed by atoms with Crippen molar-refractivity contribution in [1.82, 2.24) is 0 Å². The van der Waals surface area contributed by atoms with Crippen molar-refractivity contribution in [3.8, 4) is 0 Å². The van der Waals surface area contributed by atoms with E-state index < -0.39 is 7.82 Å². The number of hydrogen-bond acceptors (Lipinski definition) is 4. The summed E-state index contributed by atoms with van der Waals surface area (Å²) in [4.78, 5) is 9.55. The van der Waals surface area contributed by atoms with Crippen LogP contribution in [0, 0.1) is 0 Å². The van der Waals surface area contributed by atoms with Crippen LogP contribution in [0.5, 0.6) is 0 Å². The molecule has 0 fully saturated rings. The average molecular weight is 368 g/mol. The molecule has 1 N–H and O–H groups in total. The maximum Gasteiger partial charge on any atom is 0.472 e. The van der Waals surface area contributed by atoms with Gasteiger partial charge in [-0.2, -0.15) is 0 Å². The smallest absolute Gasteiger partial charge is 0.381 e. The van der Waals surface area contributed by atoms with Gasteiger partial charge >= 0.3 is 7.82 Å². The lowest BCUT2D eigenvalue weighted by atomic mass is 10.1. The van der Waals surface area contributed by atoms with Crippen LogP contribution in [0.3, 0.4) is 0 Å². The van der Waals surface area contributed by atoms with E-state index in [1.807, 2.05) is 21.1 Å². The Bertz CT molecular complexity index is 333. The Morgan fingerprint density at radius 3 is 1.92 bits per heavy atom. The number of ether oxygens (including phenoxy) is 1. The third-order valence-electron chi connectivity index (χ3n) is 3.60. The minimum atomic E-state index is -3.91. The Balaban J connectivity index is 3.38. The van der Waals surface area contributed by atoms with Crippen molar-refractivity contribution in [2.75, 3.05) is 54.1 Å². The highest BCUT2D eigenvalue weighted by Crippen LogP contribution is 2.43. The first-order valence-corrected chi connectivity index (χ1v) is 10.8. The zero-order valence-corrected chi connectivity index (χ0v) is 17.1. The van der Waals surface area contributed by atoms with Gasteiger partial charge in [-0.3, -0.25) is 9.05 Å². The second-order valence-electron chi connectivity index (χ2n) is 7.24. The summed E-state index contributed by atoms with van der Waals surface area (Å²) in [6.07, 6.45) is 9.10. The normalized spacial score (nSPS) is 14.7. The van der Waals surface area contributed by atoms with Crippen molar-refractivity contribution in [2.24, 2.45) is 0 Å². The number of hydrogen-bond donors (Lipinski definition) is 1. The van der Waals surface area contributed by atoms with Crippen molar-refractivity contribution < 1.29 is 27.7 Å². The Morgan fingerprint density at radius 1 is 0.792 bits per heavy atom. The highest BCUT2D eigenvalue weighted by atomic mass is 31.2. The van der Waals surface area contributed by atoms with E-state index in [-0.39, 0.29) is 13.2 Å². The van der Waals surface area contributed by atoms with Gasteiger partial charge in [-0.25, -0.2) is 4.57 Å². The summed E-state index contributed by atoms with van der Waals surface area (Å²) < 4.78 is 27.8. The second-order valence-corrected chi connectivity index (χ2v) is 8.69. The molecule has 0 aromatic heterocycles. The van der Waals surface area contributed by atoms with Gasteiger partial charge in [-0.1, -0.05) is 39.0 Å². The molecule has 1 atom stereocenters. The first kappa shape index (κ1) is 24.0. The van der Waals surface area contributed by atoms with E-state index in [2.05, 4.69) is 6.92 Å². The van der Waals surface area contributed by atoms with Crippen molar-refractivity contribution in [1.29, 1.82) is 0 Å². The Morgan fingerprint density at radius 2 is 1.29 bits per heavy atom. The molecule has 0 bridgehead atoms. The van der Waals surface area contributed by atoms with Crippen LogP contribution in [0.25, 0.3) is 0 Å². The Labute approximate surface area is 148 Å². The third-order valence-corrected chi connectivity index (χ3v) is 4.61. The maximum absolute atomic E-state index is 11.7. The molecule has 7 heteroatoms. The molecule has 0 saturated carbocycles. The molecule has 0 amide bonds. The van der Waals surface area contributed by atoms with Crippen LogP contribution in [-0.4, -0.2) is 63.5 Å². The zero-order valence-electron chi connectivity index (χ0n) is 16.2. The van der Waals surface area contributed by atoms with Crippen molar-refractivity contribution in [3.05, 3.63) is 0 Å². The molecule has 1 unspecified atom stereocenters. The largest absolute Gasteiger partial charge is 0.472 e. The topological polar surface area (TPSA) is 65.0 Å². The van der Waals surface area contributed by atoms with Gasteiger partial charge in [0.1, 0.15) is 13.2 Å². The van der Waals surface area contributed by atoms with E-state index in [0.717, 1.165) is 19.4 Å². The van der Waals surface area contributed by atoms with Crippen LogP contribution in [0.1, 0.15) is 58.3 Å². The highest BCUT2D eigenvalue weighted by Gasteiger charge is 2.21. The lowest BCUT2D eigenvalue weighted by Gasteiger charge is -2.24. The summed E-state index contributed by atoms with van der Waals surface area (Å²) in [5, 5.41) is 0. The third kappa shape index (κ3) is 18.4. The summed E-state index contributed by atoms with van der Waals surface area (Å²) in [6.45, 7) is 4.78. The SMILES string of the molecule is CCCCCCCCOCCCCOP(=O)(O)OCC[N+](C)(C)C. The maximum atomic E-state index is 11.7. The summed E-state index contributed by atoms with van der Waals surface area (Å²) in [6, 6.07) is 0. The lowest BCUT2D eigenvalue weighted by molar-refractivity contribution is -0.870. The Kier molecular flexibility index (Phi) is 14.2. The molecular formula is C17H39NO5P+. The van der Waals surface area contributed by atoms with Crippen molar-refractivity contribution in [2.45, 2.75) is 58.3 Å². The van der Waals surface area contributed by atoms with E-state index in [1.54, 1.807) is 0 Å². The summed E-state index contributed by atoms with van der Waals surface area (Å²) >= 11 is 0. The summed E-state index contributed by atoms with van der Waals surface area (Å²) in [5.74, 6) is 0. The average Bonchev–Trinajstić information content (AvgIpc) is 2.46. The molecule has 0 aliphatic rings. The first-order valence-electron chi connectivity index (χ1n) is 9.27. The predicted molar refractivity (Wildman–Crippen MR) is 98.1 cm³/mol. The number of phosphoric acid groups is 1. The monoisotopic (exact) mass is 368 g/mol. The lowest BCUT2D eigenvalue weighted by Crippen LogP contribution is -2.37. The molecule has 24 heavy (non-hydrogen) atoms. The molecule has 0 aromatic carbocycles. The van der Waals surface area contributed by atoms with Crippen LogP contribution in [-0.2, 0) is 18.3 Å². The molecule has 0 aliphatic carbocycles. The molecule has 0 spiro atoms. The van der Waals surface area contributed by atoms with Crippen LogP contribution < -0.4 is 0 Å². The number of unbranched alkanes of at least 4 members (excludes halogenated alkanes) is 6. The molecule has 0 aromatic rings. The van der Waals surface area contributed by atoms with Gasteiger partial charge in [0.15, 0.2) is 0 Å². The number of likely N-dealkylation sites (N-methyl/N-ethyl adjacent to an activating group) is 1. The fraction of sp³-hybridized carbons (Fsp3) is 1.00. The number of nitrogens with zero attached hydrogens (tertiary/aromatic N) is 1. The molecule has 0 rings (SSSR count). The van der Waals surface area contributed by atoms with E-state index >= 15 is 0 Å².